The molecule has 0 aromatic heterocycles. The maximum Gasteiger partial charge on any atom is 0.126 e. The van der Waals surface area contributed by atoms with Gasteiger partial charge in [-0.1, -0.05) is 6.92 Å². The lowest BCUT2D eigenvalue weighted by Crippen LogP contribution is -2.39. The Bertz CT molecular complexity index is 490. The van der Waals surface area contributed by atoms with Crippen molar-refractivity contribution in [2.45, 2.75) is 45.8 Å². The Hall–Kier alpha value is -1.13. The number of aliphatic hydroxyl groups excluding tert-OH is 1. The van der Waals surface area contributed by atoms with E-state index in [0.29, 0.717) is 17.2 Å². The number of aliphatic hydroxyl groups is 1. The van der Waals surface area contributed by atoms with Crippen LogP contribution in [0.5, 0.6) is 0 Å². The number of rotatable bonds is 5. The Morgan fingerprint density at radius 2 is 2.19 bits per heavy atom. The van der Waals surface area contributed by atoms with Crippen molar-refractivity contribution >= 4 is 5.69 Å². The number of halogens is 1. The Labute approximate surface area is 127 Å². The predicted octanol–water partition coefficient (Wildman–Crippen LogP) is 3.11. The quantitative estimate of drug-likeness (QED) is 0.904. The lowest BCUT2D eigenvalue weighted by Gasteiger charge is -2.31. The molecule has 0 aliphatic carbocycles. The minimum absolute atomic E-state index is 0.251. The molecule has 0 saturated carbocycles. The molecule has 0 spiro atoms. The van der Waals surface area contributed by atoms with Crippen LogP contribution in [0.4, 0.5) is 10.1 Å². The van der Waals surface area contributed by atoms with Crippen LogP contribution in [0.1, 0.15) is 43.9 Å². The number of nitrogens with zero attached hydrogens (tertiary/aromatic N) is 2. The smallest absolute Gasteiger partial charge is 0.126 e. The van der Waals surface area contributed by atoms with Gasteiger partial charge in [-0.3, -0.25) is 4.90 Å². The van der Waals surface area contributed by atoms with Gasteiger partial charge in [0, 0.05) is 30.9 Å². The van der Waals surface area contributed by atoms with E-state index in [1.165, 1.54) is 25.5 Å². The summed E-state index contributed by atoms with van der Waals surface area (Å²) < 4.78 is 13.8. The second-order valence-electron chi connectivity index (χ2n) is 6.14. The second-order valence-corrected chi connectivity index (χ2v) is 6.14. The summed E-state index contributed by atoms with van der Waals surface area (Å²) >= 11 is 0. The minimum Gasteiger partial charge on any atom is -0.389 e. The van der Waals surface area contributed by atoms with Gasteiger partial charge in [0.25, 0.3) is 0 Å². The summed E-state index contributed by atoms with van der Waals surface area (Å²) in [5.74, 6) is -0.251. The normalized spacial score (nSPS) is 20.8. The molecule has 1 aromatic carbocycles. The average molecular weight is 294 g/mol. The second kappa shape index (κ2) is 6.75. The zero-order chi connectivity index (χ0) is 15.6. The van der Waals surface area contributed by atoms with Crippen LogP contribution in [0.15, 0.2) is 12.1 Å². The van der Waals surface area contributed by atoms with Crippen molar-refractivity contribution in [2.75, 3.05) is 31.6 Å². The highest BCUT2D eigenvalue weighted by Gasteiger charge is 2.25. The molecule has 1 unspecified atom stereocenters. The van der Waals surface area contributed by atoms with E-state index in [9.17, 15) is 9.50 Å². The minimum atomic E-state index is -0.664. The van der Waals surface area contributed by atoms with Gasteiger partial charge in [0.2, 0.25) is 0 Å². The van der Waals surface area contributed by atoms with Gasteiger partial charge >= 0.3 is 0 Å². The molecular formula is C17H27FN2O. The largest absolute Gasteiger partial charge is 0.389 e. The first-order valence-corrected chi connectivity index (χ1v) is 7.87. The van der Waals surface area contributed by atoms with Crippen molar-refractivity contribution in [2.24, 2.45) is 0 Å². The van der Waals surface area contributed by atoms with Gasteiger partial charge in [-0.2, -0.15) is 0 Å². The monoisotopic (exact) mass is 294 g/mol. The summed E-state index contributed by atoms with van der Waals surface area (Å²) in [7, 11) is 2.03. The topological polar surface area (TPSA) is 26.7 Å². The fourth-order valence-corrected chi connectivity index (χ4v) is 3.28. The molecule has 2 atom stereocenters. The van der Waals surface area contributed by atoms with Gasteiger partial charge in [0.1, 0.15) is 5.82 Å². The molecule has 21 heavy (non-hydrogen) atoms. The van der Waals surface area contributed by atoms with Crippen LogP contribution < -0.4 is 4.90 Å². The molecule has 0 amide bonds. The van der Waals surface area contributed by atoms with E-state index >= 15 is 0 Å². The molecule has 1 aromatic rings. The van der Waals surface area contributed by atoms with Gasteiger partial charge in [-0.05, 0) is 57.5 Å². The maximum atomic E-state index is 13.8. The van der Waals surface area contributed by atoms with Crippen LogP contribution in [0.2, 0.25) is 0 Å². The number of hydrogen-bond acceptors (Lipinski definition) is 3. The van der Waals surface area contributed by atoms with Crippen molar-refractivity contribution < 1.29 is 9.50 Å². The van der Waals surface area contributed by atoms with Crippen LogP contribution in [0.3, 0.4) is 0 Å². The van der Waals surface area contributed by atoms with Gasteiger partial charge < -0.3 is 10.0 Å². The highest BCUT2D eigenvalue weighted by Crippen LogP contribution is 2.30. The highest BCUT2D eigenvalue weighted by atomic mass is 19.1. The van der Waals surface area contributed by atoms with Crippen molar-refractivity contribution in [1.29, 1.82) is 0 Å². The van der Waals surface area contributed by atoms with Gasteiger partial charge in [-0.15, -0.1) is 0 Å². The third kappa shape index (κ3) is 3.55. The number of likely N-dealkylation sites (tertiary alicyclic amines) is 1. The lowest BCUT2D eigenvalue weighted by molar-refractivity contribution is 0.199. The summed E-state index contributed by atoms with van der Waals surface area (Å²) in [6, 6.07) is 3.87. The van der Waals surface area contributed by atoms with E-state index in [1.54, 1.807) is 13.8 Å². The Morgan fingerprint density at radius 1 is 1.48 bits per heavy atom. The van der Waals surface area contributed by atoms with Crippen LogP contribution in [-0.4, -0.2) is 42.7 Å². The van der Waals surface area contributed by atoms with Crippen LogP contribution in [0.25, 0.3) is 0 Å². The van der Waals surface area contributed by atoms with E-state index in [4.69, 9.17) is 0 Å². The molecule has 1 saturated heterocycles. The van der Waals surface area contributed by atoms with Crippen LogP contribution >= 0.6 is 0 Å². The summed E-state index contributed by atoms with van der Waals surface area (Å²) in [5, 5.41) is 9.92. The molecule has 1 aliphatic heterocycles. The first kappa shape index (κ1) is 16.2. The van der Waals surface area contributed by atoms with Crippen LogP contribution in [0, 0.1) is 12.7 Å². The van der Waals surface area contributed by atoms with Crippen molar-refractivity contribution in [3.05, 3.63) is 29.1 Å². The molecule has 118 valence electrons. The van der Waals surface area contributed by atoms with E-state index in [-0.39, 0.29) is 5.82 Å². The summed E-state index contributed by atoms with van der Waals surface area (Å²) in [6.07, 6.45) is 1.80. The molecule has 1 N–H and O–H groups in total. The zero-order valence-corrected chi connectivity index (χ0v) is 13.6. The number of benzene rings is 1. The molecule has 3 nitrogen and oxygen atoms in total. The van der Waals surface area contributed by atoms with Crippen molar-refractivity contribution in [3.8, 4) is 0 Å². The van der Waals surface area contributed by atoms with Gasteiger partial charge in [0.05, 0.1) is 6.10 Å². The number of anilines is 1. The van der Waals surface area contributed by atoms with E-state index in [1.807, 2.05) is 13.1 Å². The standard InChI is InChI=1S/C17H27FN2O/c1-5-20-8-6-7-14(20)11-19(4)17-9-12(2)16(18)10-15(17)13(3)21/h9-10,13-14,21H,5-8,11H2,1-4H3/t13-,14?/m1/s1. The molecule has 2 rings (SSSR count). The van der Waals surface area contributed by atoms with E-state index < -0.39 is 6.10 Å². The molecule has 0 bridgehead atoms. The third-order valence-corrected chi connectivity index (χ3v) is 4.56. The average Bonchev–Trinajstić information content (AvgIpc) is 2.88. The number of hydrogen-bond donors (Lipinski definition) is 1. The van der Waals surface area contributed by atoms with Gasteiger partial charge in [0.15, 0.2) is 0 Å². The van der Waals surface area contributed by atoms with Crippen LogP contribution in [-0.2, 0) is 0 Å². The number of likely N-dealkylation sites (N-methyl/N-ethyl adjacent to an activating group) is 2. The zero-order valence-electron chi connectivity index (χ0n) is 13.6. The molecule has 1 heterocycles. The predicted molar refractivity (Wildman–Crippen MR) is 85.3 cm³/mol. The highest BCUT2D eigenvalue weighted by molar-refractivity contribution is 5.56. The molecular weight excluding hydrogens is 267 g/mol. The Morgan fingerprint density at radius 3 is 2.81 bits per heavy atom. The fourth-order valence-electron chi connectivity index (χ4n) is 3.28. The van der Waals surface area contributed by atoms with Gasteiger partial charge in [-0.25, -0.2) is 4.39 Å². The SMILES string of the molecule is CCN1CCCC1CN(C)c1cc(C)c(F)cc1[C@@H](C)O. The van der Waals surface area contributed by atoms with E-state index in [2.05, 4.69) is 16.7 Å². The summed E-state index contributed by atoms with van der Waals surface area (Å²) in [5.41, 5.74) is 2.23. The first-order chi connectivity index (χ1) is 9.93. The first-order valence-electron chi connectivity index (χ1n) is 7.87. The Balaban J connectivity index is 2.22. The molecule has 0 radical (unpaired) electrons. The summed E-state index contributed by atoms with van der Waals surface area (Å²) in [6.45, 7) is 8.81. The molecule has 4 heteroatoms. The van der Waals surface area contributed by atoms with Crippen molar-refractivity contribution in [1.82, 2.24) is 4.90 Å². The lowest BCUT2D eigenvalue weighted by atomic mass is 10.0. The number of aryl methyl sites for hydroxylation is 1. The Kier molecular flexibility index (Phi) is 5.22. The summed E-state index contributed by atoms with van der Waals surface area (Å²) in [4.78, 5) is 4.65. The molecule has 1 fully saturated rings. The van der Waals surface area contributed by atoms with E-state index in [0.717, 1.165) is 18.8 Å². The van der Waals surface area contributed by atoms with Crippen molar-refractivity contribution in [3.63, 3.8) is 0 Å². The molecule has 1 aliphatic rings. The third-order valence-electron chi connectivity index (χ3n) is 4.56. The fraction of sp³-hybridized carbons (Fsp3) is 0.647. The maximum absolute atomic E-state index is 13.8.